The van der Waals surface area contributed by atoms with Gasteiger partial charge in [-0.25, -0.2) is 5.84 Å². The molecule has 4 heteroatoms. The van der Waals surface area contributed by atoms with Crippen molar-refractivity contribution in [3.63, 3.8) is 0 Å². The van der Waals surface area contributed by atoms with Crippen LogP contribution in [0.2, 0.25) is 0 Å². The summed E-state index contributed by atoms with van der Waals surface area (Å²) in [5.41, 5.74) is 4.05. The number of aryl methyl sites for hydroxylation is 1. The summed E-state index contributed by atoms with van der Waals surface area (Å²) in [6.45, 7) is 6.37. The highest BCUT2D eigenvalue weighted by Crippen LogP contribution is 2.20. The smallest absolute Gasteiger partial charge is 0.281 e. The second-order valence-corrected chi connectivity index (χ2v) is 4.06. The Kier molecular flexibility index (Phi) is 4.55. The Balaban J connectivity index is 3.13. The minimum absolute atomic E-state index is 0.220. The van der Waals surface area contributed by atoms with Gasteiger partial charge in [-0.3, -0.25) is 10.2 Å². The molecule has 90 valence electrons. The molecule has 1 heterocycles. The van der Waals surface area contributed by atoms with Crippen molar-refractivity contribution in [3.05, 3.63) is 23.5 Å². The molecule has 3 N–H and O–H groups in total. The summed E-state index contributed by atoms with van der Waals surface area (Å²) in [7, 11) is 0. The summed E-state index contributed by atoms with van der Waals surface area (Å²) >= 11 is 0. The largest absolute Gasteiger partial charge is 0.338 e. The van der Waals surface area contributed by atoms with E-state index in [1.165, 1.54) is 5.69 Å². The lowest BCUT2D eigenvalue weighted by atomic mass is 10.2. The van der Waals surface area contributed by atoms with E-state index in [-0.39, 0.29) is 5.91 Å². The van der Waals surface area contributed by atoms with Crippen molar-refractivity contribution in [2.75, 3.05) is 0 Å². The van der Waals surface area contributed by atoms with Gasteiger partial charge in [0.05, 0.1) is 0 Å². The van der Waals surface area contributed by atoms with E-state index in [0.717, 1.165) is 19.3 Å². The fourth-order valence-corrected chi connectivity index (χ4v) is 1.91. The molecule has 1 aromatic heterocycles. The molecule has 0 fully saturated rings. The van der Waals surface area contributed by atoms with Gasteiger partial charge in [0.2, 0.25) is 0 Å². The fraction of sp³-hybridized carbons (Fsp3) is 0.583. The van der Waals surface area contributed by atoms with Crippen molar-refractivity contribution >= 4 is 5.91 Å². The number of hydrogen-bond acceptors (Lipinski definition) is 2. The van der Waals surface area contributed by atoms with Gasteiger partial charge >= 0.3 is 0 Å². The van der Waals surface area contributed by atoms with Gasteiger partial charge in [-0.15, -0.1) is 0 Å². The molecule has 0 unspecified atom stereocenters. The van der Waals surface area contributed by atoms with Crippen LogP contribution in [0.1, 0.15) is 55.8 Å². The number of hydrazine groups is 1. The van der Waals surface area contributed by atoms with Crippen molar-refractivity contribution < 1.29 is 4.79 Å². The number of nitrogens with two attached hydrogens (primary N) is 1. The van der Waals surface area contributed by atoms with Crippen LogP contribution in [0.5, 0.6) is 0 Å². The lowest BCUT2D eigenvalue weighted by molar-refractivity contribution is 0.0942. The van der Waals surface area contributed by atoms with Gasteiger partial charge < -0.3 is 4.57 Å². The summed E-state index contributed by atoms with van der Waals surface area (Å²) in [4.78, 5) is 11.6. The minimum atomic E-state index is -0.220. The maximum atomic E-state index is 11.6. The molecule has 1 rings (SSSR count). The molecular weight excluding hydrogens is 202 g/mol. The molecule has 0 bridgehead atoms. The van der Waals surface area contributed by atoms with Crippen LogP contribution in [0.15, 0.2) is 12.1 Å². The van der Waals surface area contributed by atoms with Crippen LogP contribution in [0.4, 0.5) is 0 Å². The van der Waals surface area contributed by atoms with Gasteiger partial charge in [-0.1, -0.05) is 20.3 Å². The first-order valence-electron chi connectivity index (χ1n) is 5.86. The molecule has 0 saturated carbocycles. The van der Waals surface area contributed by atoms with Gasteiger partial charge in [-0.2, -0.15) is 0 Å². The van der Waals surface area contributed by atoms with E-state index in [0.29, 0.717) is 11.7 Å². The number of rotatable bonds is 5. The molecule has 1 atom stereocenters. The maximum Gasteiger partial charge on any atom is 0.281 e. The van der Waals surface area contributed by atoms with E-state index < -0.39 is 0 Å². The standard InChI is InChI=1S/C12H21N3O/c1-4-6-10-7-8-11(12(16)14-13)15(10)9(3)5-2/h7-9H,4-6,13H2,1-3H3,(H,14,16)/t9-/m0/s1. The second kappa shape index (κ2) is 5.70. The molecule has 0 aromatic carbocycles. The third-order valence-electron chi connectivity index (χ3n) is 2.90. The van der Waals surface area contributed by atoms with Crippen LogP contribution in [0, 0.1) is 0 Å². The number of nitrogens with zero attached hydrogens (tertiary/aromatic N) is 1. The quantitative estimate of drug-likeness (QED) is 0.456. The number of carbonyl (C=O) groups is 1. The lowest BCUT2D eigenvalue weighted by Gasteiger charge is -2.18. The Morgan fingerprint density at radius 2 is 2.19 bits per heavy atom. The van der Waals surface area contributed by atoms with Crippen molar-refractivity contribution in [1.29, 1.82) is 0 Å². The van der Waals surface area contributed by atoms with Crippen LogP contribution in [0.25, 0.3) is 0 Å². The van der Waals surface area contributed by atoms with E-state index in [2.05, 4.69) is 30.8 Å². The van der Waals surface area contributed by atoms with Gasteiger partial charge in [0.25, 0.3) is 5.91 Å². The van der Waals surface area contributed by atoms with Crippen molar-refractivity contribution in [1.82, 2.24) is 9.99 Å². The Labute approximate surface area is 96.8 Å². The summed E-state index contributed by atoms with van der Waals surface area (Å²) < 4.78 is 2.09. The topological polar surface area (TPSA) is 60.1 Å². The van der Waals surface area contributed by atoms with Crippen LogP contribution >= 0.6 is 0 Å². The van der Waals surface area contributed by atoms with Crippen LogP contribution < -0.4 is 11.3 Å². The van der Waals surface area contributed by atoms with Gasteiger partial charge in [-0.05, 0) is 31.9 Å². The Bertz CT molecular complexity index is 357. The van der Waals surface area contributed by atoms with Crippen LogP contribution in [0.3, 0.4) is 0 Å². The minimum Gasteiger partial charge on any atom is -0.338 e. The highest BCUT2D eigenvalue weighted by molar-refractivity contribution is 5.92. The zero-order chi connectivity index (χ0) is 12.1. The average Bonchev–Trinajstić information content (AvgIpc) is 2.71. The van der Waals surface area contributed by atoms with E-state index in [9.17, 15) is 4.79 Å². The highest BCUT2D eigenvalue weighted by atomic mass is 16.2. The van der Waals surface area contributed by atoms with Crippen LogP contribution in [-0.4, -0.2) is 10.5 Å². The number of aromatic nitrogens is 1. The second-order valence-electron chi connectivity index (χ2n) is 4.06. The third kappa shape index (κ3) is 2.44. The predicted molar refractivity (Wildman–Crippen MR) is 65.1 cm³/mol. The van der Waals surface area contributed by atoms with Gasteiger partial charge in [0.1, 0.15) is 5.69 Å². The zero-order valence-corrected chi connectivity index (χ0v) is 10.3. The molecule has 0 spiro atoms. The summed E-state index contributed by atoms with van der Waals surface area (Å²) in [5, 5.41) is 0. The molecule has 0 aliphatic carbocycles. The SMILES string of the molecule is CCCc1ccc(C(=O)NN)n1[C@@H](C)CC. The zero-order valence-electron chi connectivity index (χ0n) is 10.3. The summed E-state index contributed by atoms with van der Waals surface area (Å²) in [6, 6.07) is 4.18. The molecular formula is C12H21N3O. The number of nitrogens with one attached hydrogen (secondary N) is 1. The predicted octanol–water partition coefficient (Wildman–Crippen LogP) is 2.02. The molecule has 1 aromatic rings. The summed E-state index contributed by atoms with van der Waals surface area (Å²) in [6.07, 6.45) is 3.06. The Hall–Kier alpha value is -1.29. The van der Waals surface area contributed by atoms with E-state index in [4.69, 9.17) is 5.84 Å². The number of nitrogen functional groups attached to an aromatic ring is 1. The molecule has 0 radical (unpaired) electrons. The Morgan fingerprint density at radius 1 is 1.50 bits per heavy atom. The first-order valence-corrected chi connectivity index (χ1v) is 5.86. The highest BCUT2D eigenvalue weighted by Gasteiger charge is 2.16. The average molecular weight is 223 g/mol. The lowest BCUT2D eigenvalue weighted by Crippen LogP contribution is -2.32. The van der Waals surface area contributed by atoms with Gasteiger partial charge in [0.15, 0.2) is 0 Å². The van der Waals surface area contributed by atoms with E-state index >= 15 is 0 Å². The Morgan fingerprint density at radius 3 is 2.69 bits per heavy atom. The van der Waals surface area contributed by atoms with E-state index in [1.807, 2.05) is 12.1 Å². The molecule has 1 amide bonds. The van der Waals surface area contributed by atoms with Crippen molar-refractivity contribution in [3.8, 4) is 0 Å². The molecule has 4 nitrogen and oxygen atoms in total. The first-order chi connectivity index (χ1) is 7.65. The normalized spacial score (nSPS) is 12.5. The van der Waals surface area contributed by atoms with Crippen molar-refractivity contribution in [2.45, 2.75) is 46.1 Å². The monoisotopic (exact) mass is 223 g/mol. The third-order valence-corrected chi connectivity index (χ3v) is 2.90. The molecule has 0 saturated heterocycles. The van der Waals surface area contributed by atoms with Crippen molar-refractivity contribution in [2.24, 2.45) is 5.84 Å². The molecule has 0 aliphatic rings. The fourth-order valence-electron chi connectivity index (χ4n) is 1.91. The van der Waals surface area contributed by atoms with E-state index in [1.54, 1.807) is 0 Å². The number of carbonyl (C=O) groups excluding carboxylic acids is 1. The molecule has 0 aliphatic heterocycles. The van der Waals surface area contributed by atoms with Crippen LogP contribution in [-0.2, 0) is 6.42 Å². The first kappa shape index (κ1) is 12.8. The number of hydrogen-bond donors (Lipinski definition) is 2. The number of amides is 1. The molecule has 16 heavy (non-hydrogen) atoms. The maximum absolute atomic E-state index is 11.6. The summed E-state index contributed by atoms with van der Waals surface area (Å²) in [5.74, 6) is 4.97. The van der Waals surface area contributed by atoms with Gasteiger partial charge in [0, 0.05) is 11.7 Å².